The fourth-order valence-corrected chi connectivity index (χ4v) is 2.62. The van der Waals surface area contributed by atoms with Gasteiger partial charge in [0.05, 0.1) is 19.3 Å². The summed E-state index contributed by atoms with van der Waals surface area (Å²) in [6.45, 7) is 0.919. The van der Waals surface area contributed by atoms with Crippen LogP contribution in [0.2, 0.25) is 0 Å². The van der Waals surface area contributed by atoms with Gasteiger partial charge in [-0.05, 0) is 17.9 Å². The predicted octanol–water partition coefficient (Wildman–Crippen LogP) is 0.689. The molecule has 2 unspecified atom stereocenters. The van der Waals surface area contributed by atoms with Crippen molar-refractivity contribution in [3.8, 4) is 0 Å². The molecule has 2 amide bonds. The van der Waals surface area contributed by atoms with Crippen LogP contribution in [-0.4, -0.2) is 42.9 Å². The van der Waals surface area contributed by atoms with E-state index in [1.807, 2.05) is 17.5 Å². The van der Waals surface area contributed by atoms with Crippen LogP contribution in [0.5, 0.6) is 0 Å². The standard InChI is InChI=1S/C12H16N2O4S/c15-11(16)9-6-18-7-10(9)14-12(17)13-4-3-8-2-1-5-19-8/h1-2,5,9-10H,3-4,6-7H2,(H,15,16)(H2,13,14,17). The summed E-state index contributed by atoms with van der Waals surface area (Å²) >= 11 is 1.64. The SMILES string of the molecule is O=C(NCCc1cccs1)NC1COCC1C(=O)O. The summed E-state index contributed by atoms with van der Waals surface area (Å²) in [7, 11) is 0. The van der Waals surface area contributed by atoms with Crippen molar-refractivity contribution in [3.63, 3.8) is 0 Å². The first kappa shape index (κ1) is 13.8. The summed E-state index contributed by atoms with van der Waals surface area (Å²) in [6.07, 6.45) is 0.772. The highest BCUT2D eigenvalue weighted by Gasteiger charge is 2.34. The number of carboxylic acid groups (broad SMARTS) is 1. The predicted molar refractivity (Wildman–Crippen MR) is 70.3 cm³/mol. The minimum Gasteiger partial charge on any atom is -0.481 e. The number of urea groups is 1. The number of carbonyl (C=O) groups is 2. The first-order valence-electron chi connectivity index (χ1n) is 6.04. The Hall–Kier alpha value is -1.60. The maximum Gasteiger partial charge on any atom is 0.315 e. The van der Waals surface area contributed by atoms with Crippen LogP contribution in [0.15, 0.2) is 17.5 Å². The Bertz CT molecular complexity index is 435. The summed E-state index contributed by atoms with van der Waals surface area (Å²) in [6, 6.07) is 3.17. The van der Waals surface area contributed by atoms with Crippen molar-refractivity contribution in [1.29, 1.82) is 0 Å². The molecule has 19 heavy (non-hydrogen) atoms. The normalized spacial score (nSPS) is 22.1. The van der Waals surface area contributed by atoms with Gasteiger partial charge in [-0.25, -0.2) is 4.79 Å². The van der Waals surface area contributed by atoms with Crippen molar-refractivity contribution < 1.29 is 19.4 Å². The molecule has 0 aliphatic carbocycles. The van der Waals surface area contributed by atoms with Crippen molar-refractivity contribution in [2.45, 2.75) is 12.5 Å². The lowest BCUT2D eigenvalue weighted by atomic mass is 10.0. The summed E-state index contributed by atoms with van der Waals surface area (Å²) in [5.41, 5.74) is 0. The van der Waals surface area contributed by atoms with E-state index in [0.717, 1.165) is 6.42 Å². The van der Waals surface area contributed by atoms with E-state index in [1.54, 1.807) is 11.3 Å². The quantitative estimate of drug-likeness (QED) is 0.742. The topological polar surface area (TPSA) is 87.7 Å². The third-order valence-electron chi connectivity index (χ3n) is 2.95. The summed E-state index contributed by atoms with van der Waals surface area (Å²) in [4.78, 5) is 23.7. The van der Waals surface area contributed by atoms with Gasteiger partial charge in [-0.2, -0.15) is 0 Å². The zero-order valence-corrected chi connectivity index (χ0v) is 11.1. The third kappa shape index (κ3) is 3.93. The van der Waals surface area contributed by atoms with Crippen molar-refractivity contribution in [2.75, 3.05) is 19.8 Å². The molecule has 1 aromatic rings. The van der Waals surface area contributed by atoms with Crippen LogP contribution >= 0.6 is 11.3 Å². The number of amides is 2. The van der Waals surface area contributed by atoms with E-state index in [1.165, 1.54) is 4.88 Å². The Morgan fingerprint density at radius 2 is 2.32 bits per heavy atom. The van der Waals surface area contributed by atoms with Gasteiger partial charge in [-0.3, -0.25) is 4.79 Å². The fourth-order valence-electron chi connectivity index (χ4n) is 1.91. The molecule has 3 N–H and O–H groups in total. The van der Waals surface area contributed by atoms with E-state index < -0.39 is 17.9 Å². The summed E-state index contributed by atoms with van der Waals surface area (Å²) in [5, 5.41) is 16.3. The van der Waals surface area contributed by atoms with Gasteiger partial charge in [0.25, 0.3) is 0 Å². The average Bonchev–Trinajstić information content (AvgIpc) is 2.99. The molecular formula is C12H16N2O4S. The summed E-state index contributed by atoms with van der Waals surface area (Å²) < 4.78 is 5.07. The molecule has 1 aromatic heterocycles. The van der Waals surface area contributed by atoms with E-state index in [-0.39, 0.29) is 19.2 Å². The van der Waals surface area contributed by atoms with Crippen LogP contribution in [0.3, 0.4) is 0 Å². The Kier molecular flexibility index (Phi) is 4.75. The van der Waals surface area contributed by atoms with Gasteiger partial charge in [-0.1, -0.05) is 6.07 Å². The highest BCUT2D eigenvalue weighted by atomic mass is 32.1. The number of carbonyl (C=O) groups excluding carboxylic acids is 1. The van der Waals surface area contributed by atoms with Crippen LogP contribution in [0.4, 0.5) is 4.79 Å². The molecule has 0 bridgehead atoms. The lowest BCUT2D eigenvalue weighted by Crippen LogP contribution is -2.47. The number of thiophene rings is 1. The Balaban J connectivity index is 1.70. The van der Waals surface area contributed by atoms with Gasteiger partial charge in [0.2, 0.25) is 0 Å². The lowest BCUT2D eigenvalue weighted by molar-refractivity contribution is -0.142. The number of carboxylic acids is 1. The summed E-state index contributed by atoms with van der Waals surface area (Å²) in [5.74, 6) is -1.61. The molecule has 1 saturated heterocycles. The molecule has 0 saturated carbocycles. The molecule has 0 radical (unpaired) electrons. The fraction of sp³-hybridized carbons (Fsp3) is 0.500. The largest absolute Gasteiger partial charge is 0.481 e. The highest BCUT2D eigenvalue weighted by Crippen LogP contribution is 2.13. The van der Waals surface area contributed by atoms with E-state index in [4.69, 9.17) is 9.84 Å². The van der Waals surface area contributed by atoms with E-state index >= 15 is 0 Å². The molecule has 104 valence electrons. The smallest absolute Gasteiger partial charge is 0.315 e. The zero-order chi connectivity index (χ0) is 13.7. The monoisotopic (exact) mass is 284 g/mol. The van der Waals surface area contributed by atoms with Crippen LogP contribution in [0.1, 0.15) is 4.88 Å². The van der Waals surface area contributed by atoms with Crippen LogP contribution in [0, 0.1) is 5.92 Å². The number of ether oxygens (including phenoxy) is 1. The number of aliphatic carboxylic acids is 1. The molecule has 0 aromatic carbocycles. The molecule has 0 spiro atoms. The minimum atomic E-state index is -0.943. The molecule has 6 nitrogen and oxygen atoms in total. The van der Waals surface area contributed by atoms with E-state index in [0.29, 0.717) is 6.54 Å². The van der Waals surface area contributed by atoms with E-state index in [9.17, 15) is 9.59 Å². The highest BCUT2D eigenvalue weighted by molar-refractivity contribution is 7.09. The van der Waals surface area contributed by atoms with Crippen molar-refractivity contribution >= 4 is 23.3 Å². The van der Waals surface area contributed by atoms with Gasteiger partial charge in [-0.15, -0.1) is 11.3 Å². The van der Waals surface area contributed by atoms with Crippen molar-refractivity contribution in [3.05, 3.63) is 22.4 Å². The Morgan fingerprint density at radius 1 is 1.47 bits per heavy atom. The Morgan fingerprint density at radius 3 is 3.00 bits per heavy atom. The van der Waals surface area contributed by atoms with Gasteiger partial charge in [0.15, 0.2) is 0 Å². The number of hydrogen-bond acceptors (Lipinski definition) is 4. The van der Waals surface area contributed by atoms with Crippen LogP contribution < -0.4 is 10.6 Å². The molecule has 1 aliphatic heterocycles. The first-order valence-corrected chi connectivity index (χ1v) is 6.92. The lowest BCUT2D eigenvalue weighted by Gasteiger charge is -2.16. The van der Waals surface area contributed by atoms with Crippen LogP contribution in [0.25, 0.3) is 0 Å². The maximum absolute atomic E-state index is 11.6. The molecule has 1 fully saturated rings. The third-order valence-corrected chi connectivity index (χ3v) is 3.89. The van der Waals surface area contributed by atoms with Gasteiger partial charge < -0.3 is 20.5 Å². The molecule has 2 rings (SSSR count). The molecular weight excluding hydrogens is 268 g/mol. The van der Waals surface area contributed by atoms with Crippen molar-refractivity contribution in [1.82, 2.24) is 10.6 Å². The van der Waals surface area contributed by atoms with Gasteiger partial charge in [0, 0.05) is 11.4 Å². The number of hydrogen-bond donors (Lipinski definition) is 3. The van der Waals surface area contributed by atoms with Gasteiger partial charge >= 0.3 is 12.0 Å². The second-order valence-electron chi connectivity index (χ2n) is 4.32. The van der Waals surface area contributed by atoms with Gasteiger partial charge in [0.1, 0.15) is 5.92 Å². The average molecular weight is 284 g/mol. The molecule has 1 aliphatic rings. The molecule has 2 heterocycles. The number of nitrogens with one attached hydrogen (secondary N) is 2. The second-order valence-corrected chi connectivity index (χ2v) is 5.35. The number of rotatable bonds is 5. The zero-order valence-electron chi connectivity index (χ0n) is 10.3. The molecule has 2 atom stereocenters. The molecule has 7 heteroatoms. The van der Waals surface area contributed by atoms with E-state index in [2.05, 4.69) is 10.6 Å². The van der Waals surface area contributed by atoms with Crippen molar-refractivity contribution in [2.24, 2.45) is 5.92 Å². The maximum atomic E-state index is 11.6. The Labute approximate surface area is 114 Å². The second kappa shape index (κ2) is 6.53. The van der Waals surface area contributed by atoms with Crippen LogP contribution in [-0.2, 0) is 16.0 Å². The minimum absolute atomic E-state index is 0.148. The first-order chi connectivity index (χ1) is 9.16.